The fourth-order valence-corrected chi connectivity index (χ4v) is 3.59. The molecule has 3 rings (SSSR count). The van der Waals surface area contributed by atoms with Crippen LogP contribution in [0.5, 0.6) is 0 Å². The van der Waals surface area contributed by atoms with E-state index in [1.807, 2.05) is 6.07 Å². The smallest absolute Gasteiger partial charge is 0.261 e. The second kappa shape index (κ2) is 7.99. The van der Waals surface area contributed by atoms with Gasteiger partial charge in [0.1, 0.15) is 0 Å². The maximum absolute atomic E-state index is 12.6. The highest BCUT2D eigenvalue weighted by molar-refractivity contribution is 9.10. The standard InChI is InChI=1S/C18H21BrN4O3/c1-12(24)21-14-4-7-22(8-5-14)17(25)6-9-23-11-20-16-3-2-13(19)10-15(16)18(23)26/h2-3,10-11,14H,4-9H2,1H3,(H,21,24). The van der Waals surface area contributed by atoms with Crippen molar-refractivity contribution >= 4 is 38.6 Å². The Morgan fingerprint density at radius 2 is 2.04 bits per heavy atom. The summed E-state index contributed by atoms with van der Waals surface area (Å²) in [6, 6.07) is 5.51. The molecule has 1 fully saturated rings. The van der Waals surface area contributed by atoms with Crippen LogP contribution in [0.15, 0.2) is 33.8 Å². The molecule has 0 spiro atoms. The Morgan fingerprint density at radius 3 is 2.73 bits per heavy atom. The quantitative estimate of drug-likeness (QED) is 0.814. The molecule has 1 saturated heterocycles. The average molecular weight is 421 g/mol. The molecule has 2 heterocycles. The molecule has 0 unspecified atom stereocenters. The lowest BCUT2D eigenvalue weighted by molar-refractivity contribution is -0.132. The van der Waals surface area contributed by atoms with Crippen LogP contribution in [0.4, 0.5) is 0 Å². The molecule has 0 atom stereocenters. The second-order valence-corrected chi connectivity index (χ2v) is 7.43. The van der Waals surface area contributed by atoms with E-state index in [0.29, 0.717) is 30.5 Å². The molecule has 2 amide bonds. The molecule has 0 aliphatic carbocycles. The molecule has 0 radical (unpaired) electrons. The van der Waals surface area contributed by atoms with E-state index in [4.69, 9.17) is 0 Å². The van der Waals surface area contributed by atoms with Gasteiger partial charge in [-0.15, -0.1) is 0 Å². The summed E-state index contributed by atoms with van der Waals surface area (Å²) >= 11 is 3.36. The van der Waals surface area contributed by atoms with E-state index in [1.54, 1.807) is 17.0 Å². The highest BCUT2D eigenvalue weighted by Gasteiger charge is 2.23. The molecule has 0 bridgehead atoms. The number of benzene rings is 1. The molecular weight excluding hydrogens is 400 g/mol. The van der Waals surface area contributed by atoms with Gasteiger partial charge in [0, 0.05) is 43.5 Å². The Bertz CT molecular complexity index is 888. The zero-order valence-corrected chi connectivity index (χ0v) is 16.2. The number of nitrogens with zero attached hydrogens (tertiary/aromatic N) is 3. The molecular formula is C18H21BrN4O3. The first-order valence-corrected chi connectivity index (χ1v) is 9.43. The molecule has 1 N–H and O–H groups in total. The summed E-state index contributed by atoms with van der Waals surface area (Å²) in [7, 11) is 0. The molecule has 0 saturated carbocycles. The Balaban J connectivity index is 1.60. The summed E-state index contributed by atoms with van der Waals surface area (Å²) in [5.41, 5.74) is 0.495. The Kier molecular flexibility index (Phi) is 5.70. The van der Waals surface area contributed by atoms with Gasteiger partial charge in [-0.05, 0) is 31.0 Å². The normalized spacial score (nSPS) is 15.2. The van der Waals surface area contributed by atoms with E-state index in [-0.39, 0.29) is 29.8 Å². The number of halogens is 1. The summed E-state index contributed by atoms with van der Waals surface area (Å²) in [6.07, 6.45) is 3.27. The van der Waals surface area contributed by atoms with Gasteiger partial charge in [-0.2, -0.15) is 0 Å². The van der Waals surface area contributed by atoms with Gasteiger partial charge in [0.25, 0.3) is 5.56 Å². The van der Waals surface area contributed by atoms with E-state index in [0.717, 1.165) is 17.3 Å². The predicted molar refractivity (Wildman–Crippen MR) is 102 cm³/mol. The number of carbonyl (C=O) groups excluding carboxylic acids is 2. The van der Waals surface area contributed by atoms with Crippen molar-refractivity contribution < 1.29 is 9.59 Å². The lowest BCUT2D eigenvalue weighted by Crippen LogP contribution is -2.46. The molecule has 7 nitrogen and oxygen atoms in total. The minimum absolute atomic E-state index is 0.0208. The summed E-state index contributed by atoms with van der Waals surface area (Å²) in [4.78, 5) is 42.2. The first-order chi connectivity index (χ1) is 12.4. The third-order valence-electron chi connectivity index (χ3n) is 4.61. The van der Waals surface area contributed by atoms with Crippen molar-refractivity contribution in [1.82, 2.24) is 19.8 Å². The number of aryl methyl sites for hydroxylation is 1. The van der Waals surface area contributed by atoms with Crippen molar-refractivity contribution in [1.29, 1.82) is 0 Å². The lowest BCUT2D eigenvalue weighted by Gasteiger charge is -2.32. The maximum atomic E-state index is 12.6. The van der Waals surface area contributed by atoms with Crippen LogP contribution in [0.25, 0.3) is 10.9 Å². The van der Waals surface area contributed by atoms with Crippen LogP contribution < -0.4 is 10.9 Å². The maximum Gasteiger partial charge on any atom is 0.261 e. The first-order valence-electron chi connectivity index (χ1n) is 8.63. The van der Waals surface area contributed by atoms with Crippen molar-refractivity contribution in [3.63, 3.8) is 0 Å². The number of hydrogen-bond donors (Lipinski definition) is 1. The van der Waals surface area contributed by atoms with Crippen LogP contribution in [0.3, 0.4) is 0 Å². The number of aromatic nitrogens is 2. The van der Waals surface area contributed by atoms with E-state index in [1.165, 1.54) is 17.8 Å². The van der Waals surface area contributed by atoms with Crippen LogP contribution in [-0.4, -0.2) is 45.4 Å². The molecule has 2 aromatic rings. The number of piperidine rings is 1. The molecule has 1 aromatic carbocycles. The fraction of sp³-hybridized carbons (Fsp3) is 0.444. The average Bonchev–Trinajstić information content (AvgIpc) is 2.61. The van der Waals surface area contributed by atoms with Crippen molar-refractivity contribution in [3.05, 3.63) is 39.4 Å². The number of amides is 2. The van der Waals surface area contributed by atoms with Gasteiger partial charge in [0.15, 0.2) is 0 Å². The van der Waals surface area contributed by atoms with Crippen LogP contribution in [0.2, 0.25) is 0 Å². The van der Waals surface area contributed by atoms with Crippen LogP contribution in [0, 0.1) is 0 Å². The van der Waals surface area contributed by atoms with Crippen LogP contribution >= 0.6 is 15.9 Å². The van der Waals surface area contributed by atoms with E-state index in [9.17, 15) is 14.4 Å². The van der Waals surface area contributed by atoms with Gasteiger partial charge in [0.05, 0.1) is 17.2 Å². The number of rotatable bonds is 4. The Labute approximate surface area is 159 Å². The number of likely N-dealkylation sites (tertiary alicyclic amines) is 1. The Hall–Kier alpha value is -2.22. The van der Waals surface area contributed by atoms with Gasteiger partial charge in [0.2, 0.25) is 11.8 Å². The second-order valence-electron chi connectivity index (χ2n) is 6.51. The van der Waals surface area contributed by atoms with Gasteiger partial charge < -0.3 is 10.2 Å². The summed E-state index contributed by atoms with van der Waals surface area (Å²) in [5, 5.41) is 3.43. The van der Waals surface area contributed by atoms with Crippen LogP contribution in [-0.2, 0) is 16.1 Å². The molecule has 1 aromatic heterocycles. The highest BCUT2D eigenvalue weighted by Crippen LogP contribution is 2.15. The first kappa shape index (κ1) is 18.6. The number of carbonyl (C=O) groups is 2. The molecule has 8 heteroatoms. The minimum atomic E-state index is -0.145. The topological polar surface area (TPSA) is 84.3 Å². The third-order valence-corrected chi connectivity index (χ3v) is 5.10. The van der Waals surface area contributed by atoms with Gasteiger partial charge >= 0.3 is 0 Å². The fourth-order valence-electron chi connectivity index (χ4n) is 3.23. The summed E-state index contributed by atoms with van der Waals surface area (Å²) in [6.45, 7) is 3.06. The van der Waals surface area contributed by atoms with Crippen molar-refractivity contribution in [2.24, 2.45) is 0 Å². The number of fused-ring (bicyclic) bond motifs is 1. The molecule has 138 valence electrons. The summed E-state index contributed by atoms with van der Waals surface area (Å²) < 4.78 is 2.30. The highest BCUT2D eigenvalue weighted by atomic mass is 79.9. The van der Waals surface area contributed by atoms with E-state index >= 15 is 0 Å². The lowest BCUT2D eigenvalue weighted by atomic mass is 10.0. The van der Waals surface area contributed by atoms with Crippen LogP contribution in [0.1, 0.15) is 26.2 Å². The van der Waals surface area contributed by atoms with E-state index < -0.39 is 0 Å². The largest absolute Gasteiger partial charge is 0.353 e. The van der Waals surface area contributed by atoms with Gasteiger partial charge in [-0.25, -0.2) is 4.98 Å². The molecule has 26 heavy (non-hydrogen) atoms. The molecule has 1 aliphatic rings. The SMILES string of the molecule is CC(=O)NC1CCN(C(=O)CCn2cnc3ccc(Br)cc3c2=O)CC1. The predicted octanol–water partition coefficient (Wildman–Crippen LogP) is 1.68. The monoisotopic (exact) mass is 420 g/mol. The zero-order valence-electron chi connectivity index (χ0n) is 14.6. The van der Waals surface area contributed by atoms with Gasteiger partial charge in [-0.1, -0.05) is 15.9 Å². The van der Waals surface area contributed by atoms with Gasteiger partial charge in [-0.3, -0.25) is 19.0 Å². The van der Waals surface area contributed by atoms with Crippen molar-refractivity contribution in [2.45, 2.75) is 38.8 Å². The number of hydrogen-bond acceptors (Lipinski definition) is 4. The Morgan fingerprint density at radius 1 is 1.31 bits per heavy atom. The van der Waals surface area contributed by atoms with Crippen molar-refractivity contribution in [3.8, 4) is 0 Å². The minimum Gasteiger partial charge on any atom is -0.353 e. The molecule has 1 aliphatic heterocycles. The van der Waals surface area contributed by atoms with Crippen molar-refractivity contribution in [2.75, 3.05) is 13.1 Å². The van der Waals surface area contributed by atoms with E-state index in [2.05, 4.69) is 26.2 Å². The zero-order chi connectivity index (χ0) is 18.7. The number of nitrogens with one attached hydrogen (secondary N) is 1. The third kappa shape index (κ3) is 4.30. The summed E-state index contributed by atoms with van der Waals surface area (Å²) in [5.74, 6) is -0.0166.